The Hall–Kier alpha value is -0.313. The molecule has 0 aliphatic carbocycles. The molecule has 0 saturated heterocycles. The molecular weight excluding hydrogens is 180 g/mol. The molecule has 2 nitrogen and oxygen atoms in total. The Morgan fingerprint density at radius 1 is 1.54 bits per heavy atom. The molecule has 78 valence electrons. The number of methoxy groups -OCH3 is 1. The van der Waals surface area contributed by atoms with Gasteiger partial charge in [-0.2, -0.15) is 0 Å². The zero-order valence-corrected chi connectivity index (χ0v) is 11.5. The highest BCUT2D eigenvalue weighted by molar-refractivity contribution is 6.27. The predicted molar refractivity (Wildman–Crippen MR) is 59.0 cm³/mol. The van der Waals surface area contributed by atoms with Crippen LogP contribution in [0.25, 0.3) is 0 Å². The lowest BCUT2D eigenvalue weighted by Crippen LogP contribution is -2.30. The van der Waals surface area contributed by atoms with Crippen LogP contribution in [0.4, 0.5) is 0 Å². The first-order valence-electron chi connectivity index (χ1n) is 5.07. The van der Waals surface area contributed by atoms with Gasteiger partial charge in [0, 0.05) is 10.2 Å². The van der Waals surface area contributed by atoms with Crippen molar-refractivity contribution in [2.75, 3.05) is 7.11 Å². The van der Waals surface area contributed by atoms with E-state index in [9.17, 15) is 4.79 Å². The van der Waals surface area contributed by atoms with Crippen molar-refractivity contribution < 1.29 is 9.53 Å². The highest BCUT2D eigenvalue weighted by atomic mass is 28.1. The maximum atomic E-state index is 11.6. The van der Waals surface area contributed by atoms with Crippen LogP contribution < -0.4 is 0 Å². The van der Waals surface area contributed by atoms with Crippen LogP contribution in [0.15, 0.2) is 0 Å². The van der Waals surface area contributed by atoms with Gasteiger partial charge in [0.05, 0.1) is 12.1 Å². The molecule has 0 spiro atoms. The van der Waals surface area contributed by atoms with Gasteiger partial charge in [-0.1, -0.05) is 33.6 Å². The number of hydrogen-bond donors (Lipinski definition) is 0. The third-order valence-corrected chi connectivity index (χ3v) is 5.04. The van der Waals surface area contributed by atoms with Crippen LogP contribution in [-0.2, 0) is 9.53 Å². The maximum Gasteiger partial charge on any atom is 0.308 e. The second-order valence-corrected chi connectivity index (χ2v) is 5.95. The fourth-order valence-electron chi connectivity index (χ4n) is 1.40. The second-order valence-electron chi connectivity index (χ2n) is 4.17. The molecule has 0 aromatic rings. The van der Waals surface area contributed by atoms with Gasteiger partial charge >= 0.3 is 5.97 Å². The lowest BCUT2D eigenvalue weighted by molar-refractivity contribution is -0.146. The molecule has 3 heteroatoms. The van der Waals surface area contributed by atoms with E-state index in [-0.39, 0.29) is 11.0 Å². The van der Waals surface area contributed by atoms with Gasteiger partial charge in [0.2, 0.25) is 0 Å². The lowest BCUT2D eigenvalue weighted by atomic mass is 9.89. The lowest BCUT2D eigenvalue weighted by Gasteiger charge is -2.30. The summed E-state index contributed by atoms with van der Waals surface area (Å²) in [7, 11) is 2.38. The van der Waals surface area contributed by atoms with Gasteiger partial charge in [0.25, 0.3) is 0 Å². The zero-order chi connectivity index (χ0) is 10.5. The van der Waals surface area contributed by atoms with Crippen molar-refractivity contribution in [3.8, 4) is 0 Å². The predicted octanol–water partition coefficient (Wildman–Crippen LogP) is 1.53. The summed E-state index contributed by atoms with van der Waals surface area (Å²) in [6.45, 7) is 6.37. The normalized spacial score (nSPS) is 15.8. The van der Waals surface area contributed by atoms with Crippen LogP contribution >= 0.6 is 0 Å². The molecule has 0 N–H and O–H groups in total. The smallest absolute Gasteiger partial charge is 0.308 e. The van der Waals surface area contributed by atoms with Gasteiger partial charge < -0.3 is 4.74 Å². The van der Waals surface area contributed by atoms with E-state index in [4.69, 9.17) is 4.74 Å². The van der Waals surface area contributed by atoms with Crippen LogP contribution in [-0.4, -0.2) is 23.3 Å². The molecule has 1 unspecified atom stereocenters. The number of ether oxygens (including phenoxy) is 1. The Labute approximate surface area is 84.5 Å². The molecule has 0 aromatic carbocycles. The summed E-state index contributed by atoms with van der Waals surface area (Å²) in [6, 6.07) is 0. The van der Waals surface area contributed by atoms with Crippen molar-refractivity contribution in [1.29, 1.82) is 0 Å². The van der Waals surface area contributed by atoms with E-state index >= 15 is 0 Å². The Bertz CT molecular complexity index is 168. The van der Waals surface area contributed by atoms with Crippen LogP contribution in [0, 0.1) is 5.92 Å². The van der Waals surface area contributed by atoms with Crippen molar-refractivity contribution in [3.63, 3.8) is 0 Å². The van der Waals surface area contributed by atoms with Crippen LogP contribution in [0.1, 0.15) is 40.0 Å². The molecule has 0 aromatic heterocycles. The molecule has 0 heterocycles. The molecular formula is C10H22O2Si. The molecule has 1 atom stereocenters. The molecule has 0 bridgehead atoms. The number of unbranched alkanes of at least 4 members (excludes halogenated alkanes) is 1. The van der Waals surface area contributed by atoms with E-state index in [0.717, 1.165) is 29.5 Å². The minimum atomic E-state index is -0.162. The standard InChI is InChI=1S/C10H22O2Si/c1-5-6-7-10(13,8(2)3)9(11)12-4/h8H,5-7H2,1-4,13H3. The van der Waals surface area contributed by atoms with Gasteiger partial charge in [0.15, 0.2) is 0 Å². The van der Waals surface area contributed by atoms with Crippen LogP contribution in [0.5, 0.6) is 0 Å². The summed E-state index contributed by atoms with van der Waals surface area (Å²) in [4.78, 5) is 11.6. The summed E-state index contributed by atoms with van der Waals surface area (Å²) >= 11 is 0. The number of esters is 1. The Kier molecular flexibility index (Phi) is 5.29. The summed E-state index contributed by atoms with van der Waals surface area (Å²) in [5.41, 5.74) is 0. The van der Waals surface area contributed by atoms with E-state index in [1.54, 1.807) is 0 Å². The minimum absolute atomic E-state index is 0.0115. The topological polar surface area (TPSA) is 26.3 Å². The number of rotatable bonds is 5. The maximum absolute atomic E-state index is 11.6. The second kappa shape index (κ2) is 5.42. The third kappa shape index (κ3) is 3.14. The molecule has 13 heavy (non-hydrogen) atoms. The zero-order valence-electron chi connectivity index (χ0n) is 9.52. The van der Waals surface area contributed by atoms with E-state index in [1.165, 1.54) is 7.11 Å². The molecule has 0 fully saturated rings. The molecule has 0 saturated carbocycles. The van der Waals surface area contributed by atoms with Gasteiger partial charge in [0.1, 0.15) is 0 Å². The van der Waals surface area contributed by atoms with Crippen molar-refractivity contribution in [1.82, 2.24) is 0 Å². The third-order valence-electron chi connectivity index (χ3n) is 2.98. The van der Waals surface area contributed by atoms with Gasteiger partial charge in [-0.3, -0.25) is 4.79 Å². The largest absolute Gasteiger partial charge is 0.469 e. The fraction of sp³-hybridized carbons (Fsp3) is 0.900. The highest BCUT2D eigenvalue weighted by Gasteiger charge is 2.36. The molecule has 0 radical (unpaired) electrons. The first-order valence-corrected chi connectivity index (χ1v) is 6.07. The molecule has 0 rings (SSSR count). The van der Waals surface area contributed by atoms with E-state index < -0.39 is 0 Å². The minimum Gasteiger partial charge on any atom is -0.469 e. The van der Waals surface area contributed by atoms with E-state index in [0.29, 0.717) is 5.92 Å². The van der Waals surface area contributed by atoms with Crippen LogP contribution in [0.2, 0.25) is 5.04 Å². The average Bonchev–Trinajstić information content (AvgIpc) is 2.12. The van der Waals surface area contributed by atoms with Crippen molar-refractivity contribution in [2.45, 2.75) is 45.1 Å². The van der Waals surface area contributed by atoms with Crippen LogP contribution in [0.3, 0.4) is 0 Å². The van der Waals surface area contributed by atoms with Gasteiger partial charge in [-0.05, 0) is 12.3 Å². The first kappa shape index (κ1) is 12.7. The fourth-order valence-corrected chi connectivity index (χ4v) is 1.96. The van der Waals surface area contributed by atoms with Gasteiger partial charge in [-0.15, -0.1) is 0 Å². The SMILES string of the molecule is CCCCC([SiH3])(C(=O)OC)C(C)C. The molecule has 0 aliphatic rings. The number of hydrogen-bond acceptors (Lipinski definition) is 2. The van der Waals surface area contributed by atoms with Crippen molar-refractivity contribution >= 4 is 16.2 Å². The van der Waals surface area contributed by atoms with Gasteiger partial charge in [-0.25, -0.2) is 0 Å². The molecule has 0 amide bonds. The summed E-state index contributed by atoms with van der Waals surface area (Å²) in [6.07, 6.45) is 3.25. The average molecular weight is 202 g/mol. The van der Waals surface area contributed by atoms with E-state index in [1.807, 2.05) is 0 Å². The van der Waals surface area contributed by atoms with Crippen molar-refractivity contribution in [3.05, 3.63) is 0 Å². The monoisotopic (exact) mass is 202 g/mol. The Balaban J connectivity index is 4.43. The summed E-state index contributed by atoms with van der Waals surface area (Å²) in [5.74, 6) is 0.390. The number of carbonyl (C=O) groups excluding carboxylic acids is 1. The number of carbonyl (C=O) groups is 1. The summed E-state index contributed by atoms with van der Waals surface area (Å²) < 4.78 is 4.87. The quantitative estimate of drug-likeness (QED) is 0.499. The van der Waals surface area contributed by atoms with Crippen molar-refractivity contribution in [2.24, 2.45) is 5.92 Å². The Morgan fingerprint density at radius 2 is 2.08 bits per heavy atom. The highest BCUT2D eigenvalue weighted by Crippen LogP contribution is 2.38. The first-order chi connectivity index (χ1) is 5.99. The Morgan fingerprint density at radius 3 is 2.38 bits per heavy atom. The molecule has 0 aliphatic heterocycles. The van der Waals surface area contributed by atoms with E-state index in [2.05, 4.69) is 20.8 Å². The summed E-state index contributed by atoms with van der Waals surface area (Å²) in [5, 5.41) is -0.162.